The number of benzene rings is 1. The minimum atomic E-state index is -1.43. The predicted molar refractivity (Wildman–Crippen MR) is 53.9 cm³/mol. The molecule has 0 aliphatic carbocycles. The van der Waals surface area contributed by atoms with Crippen LogP contribution in [0.5, 0.6) is 5.75 Å². The first-order chi connectivity index (χ1) is 8.02. The number of halogens is 2. The van der Waals surface area contributed by atoms with Crippen molar-refractivity contribution in [1.82, 2.24) is 0 Å². The third kappa shape index (κ3) is 2.58. The van der Waals surface area contributed by atoms with Gasteiger partial charge in [0.15, 0.2) is 11.6 Å². The number of hydrogen-bond acceptors (Lipinski definition) is 4. The Labute approximate surface area is 96.1 Å². The van der Waals surface area contributed by atoms with E-state index in [9.17, 15) is 18.4 Å². The summed E-state index contributed by atoms with van der Waals surface area (Å²) in [6.07, 6.45) is 0. The van der Waals surface area contributed by atoms with Gasteiger partial charge in [0, 0.05) is 0 Å². The molecule has 0 saturated heterocycles. The number of methoxy groups -OCH3 is 1. The van der Waals surface area contributed by atoms with Crippen molar-refractivity contribution in [3.63, 3.8) is 0 Å². The van der Waals surface area contributed by atoms with E-state index in [0.29, 0.717) is 0 Å². The van der Waals surface area contributed by atoms with Gasteiger partial charge in [0.2, 0.25) is 5.82 Å². The van der Waals surface area contributed by atoms with Gasteiger partial charge >= 0.3 is 5.97 Å². The topological polar surface area (TPSA) is 52.6 Å². The van der Waals surface area contributed by atoms with E-state index >= 15 is 0 Å². The van der Waals surface area contributed by atoms with Crippen LogP contribution in [0.1, 0.15) is 17.3 Å². The van der Waals surface area contributed by atoms with Gasteiger partial charge in [-0.3, -0.25) is 4.79 Å². The molecule has 0 fully saturated rings. The lowest BCUT2D eigenvalue weighted by Gasteiger charge is -2.06. The third-order valence-corrected chi connectivity index (χ3v) is 1.97. The molecule has 0 aliphatic heterocycles. The monoisotopic (exact) mass is 244 g/mol. The summed E-state index contributed by atoms with van der Waals surface area (Å²) in [4.78, 5) is 22.5. The molecule has 6 heteroatoms. The molecule has 0 amide bonds. The van der Waals surface area contributed by atoms with Crippen molar-refractivity contribution in [2.75, 3.05) is 13.7 Å². The minimum absolute atomic E-state index is 0.0230. The van der Waals surface area contributed by atoms with Crippen molar-refractivity contribution in [2.45, 2.75) is 6.92 Å². The van der Waals surface area contributed by atoms with Gasteiger partial charge in [0.25, 0.3) is 5.78 Å². The van der Waals surface area contributed by atoms with E-state index in [1.54, 1.807) is 0 Å². The molecule has 4 nitrogen and oxygen atoms in total. The van der Waals surface area contributed by atoms with Gasteiger partial charge in [-0.05, 0) is 19.1 Å². The fourth-order valence-electron chi connectivity index (χ4n) is 1.17. The Bertz CT molecular complexity index is 457. The summed E-state index contributed by atoms with van der Waals surface area (Å²) in [7, 11) is 1.16. The average molecular weight is 244 g/mol. The quantitative estimate of drug-likeness (QED) is 0.459. The summed E-state index contributed by atoms with van der Waals surface area (Å²) >= 11 is 0. The van der Waals surface area contributed by atoms with Crippen molar-refractivity contribution in [1.29, 1.82) is 0 Å². The minimum Gasteiger partial charge on any atom is -0.494 e. The molecule has 0 aliphatic rings. The number of ketones is 1. The van der Waals surface area contributed by atoms with Crippen LogP contribution < -0.4 is 4.74 Å². The number of hydrogen-bond donors (Lipinski definition) is 0. The molecule has 0 atom stereocenters. The Hall–Kier alpha value is -1.98. The smallest absolute Gasteiger partial charge is 0.379 e. The highest BCUT2D eigenvalue weighted by Crippen LogP contribution is 2.22. The molecule has 1 aromatic rings. The molecule has 0 N–H and O–H groups in total. The highest BCUT2D eigenvalue weighted by Gasteiger charge is 2.24. The summed E-state index contributed by atoms with van der Waals surface area (Å²) in [6, 6.07) is 2.03. The van der Waals surface area contributed by atoms with Crippen LogP contribution in [0.3, 0.4) is 0 Å². The van der Waals surface area contributed by atoms with Gasteiger partial charge in [-0.25, -0.2) is 9.18 Å². The van der Waals surface area contributed by atoms with Gasteiger partial charge in [0.1, 0.15) is 0 Å². The molecule has 0 bridgehead atoms. The number of carbonyl (C=O) groups is 2. The number of rotatable bonds is 4. The van der Waals surface area contributed by atoms with E-state index in [1.807, 2.05) is 0 Å². The van der Waals surface area contributed by atoms with Crippen LogP contribution in [0.15, 0.2) is 12.1 Å². The Morgan fingerprint density at radius 1 is 1.24 bits per heavy atom. The number of Topliss-reactive ketones (excluding diaryl/α,β-unsaturated/α-hetero) is 1. The van der Waals surface area contributed by atoms with Gasteiger partial charge in [0.05, 0.1) is 19.3 Å². The molecule has 0 radical (unpaired) electrons. The van der Waals surface area contributed by atoms with Crippen LogP contribution in [-0.2, 0) is 9.53 Å². The highest BCUT2D eigenvalue weighted by atomic mass is 19.2. The van der Waals surface area contributed by atoms with Gasteiger partial charge < -0.3 is 9.47 Å². The number of ether oxygens (including phenoxy) is 2. The lowest BCUT2D eigenvalue weighted by molar-refractivity contribution is -0.137. The Morgan fingerprint density at radius 2 is 1.88 bits per heavy atom. The van der Waals surface area contributed by atoms with Gasteiger partial charge in [-0.2, -0.15) is 4.39 Å². The van der Waals surface area contributed by atoms with E-state index in [2.05, 4.69) is 9.47 Å². The van der Waals surface area contributed by atoms with E-state index < -0.39 is 29.0 Å². The maximum absolute atomic E-state index is 13.4. The summed E-state index contributed by atoms with van der Waals surface area (Å²) < 4.78 is 35.6. The molecular formula is C11H10F2O4. The normalized spacial score (nSPS) is 9.88. The van der Waals surface area contributed by atoms with Crippen molar-refractivity contribution < 1.29 is 27.8 Å². The average Bonchev–Trinajstić information content (AvgIpc) is 2.32. The van der Waals surface area contributed by atoms with Crippen LogP contribution in [0.25, 0.3) is 0 Å². The molecule has 92 valence electrons. The zero-order valence-electron chi connectivity index (χ0n) is 9.25. The standard InChI is InChI=1S/C11H10F2O4/c1-3-17-11(15)10(14)6-4-5-7(16-2)9(13)8(6)12/h4-5H,3H2,1-2H3. The van der Waals surface area contributed by atoms with Crippen molar-refractivity contribution in [3.8, 4) is 5.75 Å². The van der Waals surface area contributed by atoms with E-state index in [0.717, 1.165) is 19.2 Å². The van der Waals surface area contributed by atoms with E-state index in [-0.39, 0.29) is 12.4 Å². The second kappa shape index (κ2) is 5.38. The third-order valence-electron chi connectivity index (χ3n) is 1.97. The Kier molecular flexibility index (Phi) is 4.14. The summed E-state index contributed by atoms with van der Waals surface area (Å²) in [5.74, 6) is -5.55. The molecule has 1 rings (SSSR count). The first-order valence-corrected chi connectivity index (χ1v) is 4.76. The summed E-state index contributed by atoms with van der Waals surface area (Å²) in [5, 5.41) is 0. The predicted octanol–water partition coefficient (Wildman–Crippen LogP) is 1.72. The molecule has 0 spiro atoms. The maximum Gasteiger partial charge on any atom is 0.379 e. The van der Waals surface area contributed by atoms with Crippen molar-refractivity contribution in [2.24, 2.45) is 0 Å². The van der Waals surface area contributed by atoms with Crippen LogP contribution in [0.2, 0.25) is 0 Å². The number of carbonyl (C=O) groups excluding carboxylic acids is 2. The summed E-state index contributed by atoms with van der Waals surface area (Å²) in [6.45, 7) is 1.47. The van der Waals surface area contributed by atoms with Crippen LogP contribution >= 0.6 is 0 Å². The maximum atomic E-state index is 13.4. The van der Waals surface area contributed by atoms with Crippen LogP contribution in [0.4, 0.5) is 8.78 Å². The summed E-state index contributed by atoms with van der Waals surface area (Å²) in [5.41, 5.74) is -0.679. The Balaban J connectivity index is 3.12. The van der Waals surface area contributed by atoms with Crippen LogP contribution in [-0.4, -0.2) is 25.5 Å². The largest absolute Gasteiger partial charge is 0.494 e. The van der Waals surface area contributed by atoms with Crippen molar-refractivity contribution >= 4 is 11.8 Å². The zero-order valence-corrected chi connectivity index (χ0v) is 9.25. The molecule has 0 aromatic heterocycles. The molecule has 0 unspecified atom stereocenters. The van der Waals surface area contributed by atoms with E-state index in [4.69, 9.17) is 0 Å². The highest BCUT2D eigenvalue weighted by molar-refractivity contribution is 6.40. The first-order valence-electron chi connectivity index (χ1n) is 4.76. The van der Waals surface area contributed by atoms with Gasteiger partial charge in [-0.1, -0.05) is 0 Å². The Morgan fingerprint density at radius 3 is 2.41 bits per heavy atom. The molecule has 0 saturated carbocycles. The lowest BCUT2D eigenvalue weighted by Crippen LogP contribution is -2.19. The molecule has 0 heterocycles. The number of esters is 1. The van der Waals surface area contributed by atoms with Crippen molar-refractivity contribution in [3.05, 3.63) is 29.3 Å². The second-order valence-corrected chi connectivity index (χ2v) is 2.99. The van der Waals surface area contributed by atoms with E-state index in [1.165, 1.54) is 6.92 Å². The zero-order chi connectivity index (χ0) is 13.0. The molecule has 17 heavy (non-hydrogen) atoms. The first kappa shape index (κ1) is 13.1. The fourth-order valence-corrected chi connectivity index (χ4v) is 1.17. The second-order valence-electron chi connectivity index (χ2n) is 2.99. The fraction of sp³-hybridized carbons (Fsp3) is 0.273. The molecular weight excluding hydrogens is 234 g/mol. The van der Waals surface area contributed by atoms with Crippen LogP contribution in [0, 0.1) is 11.6 Å². The van der Waals surface area contributed by atoms with Gasteiger partial charge in [-0.15, -0.1) is 0 Å². The lowest BCUT2D eigenvalue weighted by atomic mass is 10.1. The SMILES string of the molecule is CCOC(=O)C(=O)c1ccc(OC)c(F)c1F. The molecule has 1 aromatic carbocycles.